The molecule has 1 nitrogen and oxygen atoms in total. The van der Waals surface area contributed by atoms with Crippen molar-refractivity contribution in [3.63, 3.8) is 0 Å². The van der Waals surface area contributed by atoms with Crippen molar-refractivity contribution in [1.29, 1.82) is 0 Å². The summed E-state index contributed by atoms with van der Waals surface area (Å²) in [7, 11) is 0.676. The van der Waals surface area contributed by atoms with Crippen molar-refractivity contribution in [3.05, 3.63) is 30.3 Å². The number of methoxy groups -OCH3 is 1. The molecule has 1 heterocycles. The van der Waals surface area contributed by atoms with Crippen molar-refractivity contribution in [2.24, 2.45) is 11.8 Å². The van der Waals surface area contributed by atoms with Gasteiger partial charge in [-0.05, 0) is 37.5 Å². The topological polar surface area (TPSA) is 9.23 Å². The van der Waals surface area contributed by atoms with Crippen LogP contribution in [0.1, 0.15) is 51.9 Å². The fourth-order valence-corrected chi connectivity index (χ4v) is 10.7. The van der Waals surface area contributed by atoms with Gasteiger partial charge in [-0.15, -0.1) is 0 Å². The first kappa shape index (κ1) is 17.2. The number of hydrogen-bond donors (Lipinski definition) is 0. The highest BCUT2D eigenvalue weighted by Gasteiger charge is 2.40. The van der Waals surface area contributed by atoms with E-state index < -0.39 is 8.07 Å². The molecule has 0 atom stereocenters. The molecule has 2 heteroatoms. The van der Waals surface area contributed by atoms with Crippen LogP contribution in [0, 0.1) is 11.8 Å². The quantitative estimate of drug-likeness (QED) is 0.660. The Balaban J connectivity index is 1.62. The fraction of sp³-hybridized carbons (Fsp3) is 0.714. The highest BCUT2D eigenvalue weighted by atomic mass is 28.3. The summed E-state index contributed by atoms with van der Waals surface area (Å²) >= 11 is 0. The highest BCUT2D eigenvalue weighted by molar-refractivity contribution is 6.92. The molecule has 2 fully saturated rings. The maximum atomic E-state index is 5.56. The lowest BCUT2D eigenvalue weighted by Crippen LogP contribution is -2.50. The highest BCUT2D eigenvalue weighted by Crippen LogP contribution is 2.43. The lowest BCUT2D eigenvalue weighted by molar-refractivity contribution is 0.0448. The molecule has 1 aromatic rings. The molecule has 1 aromatic carbocycles. The van der Waals surface area contributed by atoms with Crippen LogP contribution in [0.25, 0.3) is 0 Å². The van der Waals surface area contributed by atoms with E-state index in [-0.39, 0.29) is 0 Å². The van der Waals surface area contributed by atoms with Crippen LogP contribution in [0.15, 0.2) is 30.3 Å². The number of ether oxygens (including phenoxy) is 1. The summed E-state index contributed by atoms with van der Waals surface area (Å²) in [6.45, 7) is 2.38. The minimum Gasteiger partial charge on any atom is -0.381 e. The third kappa shape index (κ3) is 3.91. The summed E-state index contributed by atoms with van der Waals surface area (Å²) in [6.07, 6.45) is 10.3. The number of rotatable bonds is 5. The Labute approximate surface area is 143 Å². The van der Waals surface area contributed by atoms with Crippen LogP contribution in [0.2, 0.25) is 18.1 Å². The zero-order valence-electron chi connectivity index (χ0n) is 15.1. The van der Waals surface area contributed by atoms with E-state index in [9.17, 15) is 0 Å². The predicted octanol–water partition coefficient (Wildman–Crippen LogP) is 5.37. The van der Waals surface area contributed by atoms with Crippen LogP contribution in [-0.4, -0.2) is 21.3 Å². The molecule has 3 rings (SSSR count). The summed E-state index contributed by atoms with van der Waals surface area (Å²) < 4.78 is 5.56. The van der Waals surface area contributed by atoms with Crippen LogP contribution in [-0.2, 0) is 4.74 Å². The predicted molar refractivity (Wildman–Crippen MR) is 102 cm³/mol. The first-order chi connectivity index (χ1) is 11.3. The van der Waals surface area contributed by atoms with E-state index in [2.05, 4.69) is 37.3 Å². The monoisotopic (exact) mass is 330 g/mol. The van der Waals surface area contributed by atoms with Crippen molar-refractivity contribution < 1.29 is 4.74 Å². The van der Waals surface area contributed by atoms with Crippen molar-refractivity contribution in [2.75, 3.05) is 7.11 Å². The molecule has 1 saturated heterocycles. The van der Waals surface area contributed by atoms with Gasteiger partial charge in [-0.3, -0.25) is 0 Å². The molecule has 1 aliphatic heterocycles. The molecule has 0 spiro atoms. The lowest BCUT2D eigenvalue weighted by atomic mass is 9.76. The van der Waals surface area contributed by atoms with Crippen molar-refractivity contribution >= 4 is 13.3 Å². The summed E-state index contributed by atoms with van der Waals surface area (Å²) in [5.41, 5.74) is 0. The van der Waals surface area contributed by atoms with Gasteiger partial charge >= 0.3 is 0 Å². The minimum absolute atomic E-state index is 0.549. The van der Waals surface area contributed by atoms with E-state index in [0.717, 1.165) is 11.8 Å². The van der Waals surface area contributed by atoms with Crippen LogP contribution in [0.4, 0.5) is 0 Å². The van der Waals surface area contributed by atoms with Crippen LogP contribution < -0.4 is 5.19 Å². The molecule has 0 N–H and O–H groups in total. The molecule has 0 amide bonds. The summed E-state index contributed by atoms with van der Waals surface area (Å²) in [5.74, 6) is 2.00. The van der Waals surface area contributed by atoms with Gasteiger partial charge in [-0.2, -0.15) is 0 Å². The van der Waals surface area contributed by atoms with Crippen molar-refractivity contribution in [2.45, 2.75) is 76.1 Å². The van der Waals surface area contributed by atoms with Crippen LogP contribution >= 0.6 is 0 Å². The minimum atomic E-state index is -1.21. The molecule has 23 heavy (non-hydrogen) atoms. The Morgan fingerprint density at radius 2 is 1.52 bits per heavy atom. The smallest absolute Gasteiger partial charge is 0.0867 e. The number of benzene rings is 1. The molecule has 128 valence electrons. The summed E-state index contributed by atoms with van der Waals surface area (Å²) in [6, 6.07) is 16.2. The van der Waals surface area contributed by atoms with Gasteiger partial charge in [-0.25, -0.2) is 0 Å². The summed E-state index contributed by atoms with van der Waals surface area (Å²) in [4.78, 5) is 0. The maximum absolute atomic E-state index is 5.56. The van der Waals surface area contributed by atoms with Gasteiger partial charge in [0.2, 0.25) is 0 Å². The average molecular weight is 331 g/mol. The van der Waals surface area contributed by atoms with E-state index in [1.165, 1.54) is 51.0 Å². The zero-order chi connectivity index (χ0) is 16.1. The Kier molecular flexibility index (Phi) is 5.98. The van der Waals surface area contributed by atoms with E-state index in [0.29, 0.717) is 6.10 Å². The van der Waals surface area contributed by atoms with Gasteiger partial charge in [0.05, 0.1) is 14.2 Å². The third-order valence-corrected chi connectivity index (χ3v) is 12.3. The zero-order valence-corrected chi connectivity index (χ0v) is 16.1. The van der Waals surface area contributed by atoms with Crippen molar-refractivity contribution in [1.82, 2.24) is 0 Å². The van der Waals surface area contributed by atoms with E-state index in [1.54, 1.807) is 17.3 Å². The van der Waals surface area contributed by atoms with E-state index >= 15 is 0 Å². The second-order valence-corrected chi connectivity index (χ2v) is 12.6. The first-order valence-corrected chi connectivity index (χ1v) is 12.5. The number of hydrogen-bond acceptors (Lipinski definition) is 1. The molecule has 0 aromatic heterocycles. The Bertz CT molecular complexity index is 456. The average Bonchev–Trinajstić information content (AvgIpc) is 2.63. The first-order valence-electron chi connectivity index (χ1n) is 9.86. The normalized spacial score (nSPS) is 35.1. The van der Waals surface area contributed by atoms with E-state index in [1.807, 2.05) is 7.11 Å². The Morgan fingerprint density at radius 1 is 0.913 bits per heavy atom. The molecular weight excluding hydrogens is 296 g/mol. The Morgan fingerprint density at radius 3 is 2.09 bits per heavy atom. The molecule has 2 aliphatic rings. The standard InChI is InChI=1S/C21H34OSi/c1-3-15-23(21-7-5-4-6-8-21)16-13-19(14-17-23)18-9-11-20(22-2)12-10-18/h4-8,18-20H,3,9-17H2,1-2H3. The largest absolute Gasteiger partial charge is 0.381 e. The van der Waals surface area contributed by atoms with Gasteiger partial charge in [0.25, 0.3) is 0 Å². The van der Waals surface area contributed by atoms with Crippen LogP contribution in [0.5, 0.6) is 0 Å². The van der Waals surface area contributed by atoms with Crippen LogP contribution in [0.3, 0.4) is 0 Å². The van der Waals surface area contributed by atoms with Crippen molar-refractivity contribution in [3.8, 4) is 0 Å². The second-order valence-electron chi connectivity index (χ2n) is 8.01. The summed E-state index contributed by atoms with van der Waals surface area (Å²) in [5, 5.41) is 1.74. The van der Waals surface area contributed by atoms with E-state index in [4.69, 9.17) is 4.74 Å². The second kappa shape index (κ2) is 7.98. The molecule has 0 unspecified atom stereocenters. The third-order valence-electron chi connectivity index (χ3n) is 6.82. The maximum Gasteiger partial charge on any atom is 0.0867 e. The molecule has 1 aliphatic carbocycles. The molecule has 0 radical (unpaired) electrons. The molecule has 0 bridgehead atoms. The molecular formula is C21H34OSi. The Hall–Kier alpha value is -0.603. The van der Waals surface area contributed by atoms with Gasteiger partial charge in [0, 0.05) is 7.11 Å². The van der Waals surface area contributed by atoms with Gasteiger partial charge in [0.15, 0.2) is 0 Å². The molecule has 1 saturated carbocycles. The van der Waals surface area contributed by atoms with Gasteiger partial charge in [-0.1, -0.05) is 79.8 Å². The fourth-order valence-electron chi connectivity index (χ4n) is 5.41. The SMILES string of the molecule is CCC[Si]1(c2ccccc2)CCC(C2CCC(OC)CC2)CC1. The lowest BCUT2D eigenvalue weighted by Gasteiger charge is -2.43. The van der Waals surface area contributed by atoms with Gasteiger partial charge in [0.1, 0.15) is 0 Å². The van der Waals surface area contributed by atoms with Gasteiger partial charge < -0.3 is 4.74 Å².